The summed E-state index contributed by atoms with van der Waals surface area (Å²) in [6, 6.07) is -0.418. The van der Waals surface area contributed by atoms with Crippen LogP contribution in [0.15, 0.2) is 5.10 Å². The molecule has 0 atom stereocenters. The third-order valence-electron chi connectivity index (χ3n) is 1.32. The molecule has 13 heavy (non-hydrogen) atoms. The van der Waals surface area contributed by atoms with Crippen LogP contribution < -0.4 is 19.8 Å². The van der Waals surface area contributed by atoms with Gasteiger partial charge >= 0.3 is 6.02 Å². The fraction of sp³-hybridized carbons (Fsp3) is 0.750. The van der Waals surface area contributed by atoms with Gasteiger partial charge in [-0.15, -0.1) is 5.10 Å². The van der Waals surface area contributed by atoms with Gasteiger partial charge in [0.2, 0.25) is 0 Å². The van der Waals surface area contributed by atoms with Crippen molar-refractivity contribution < 1.29 is 28.5 Å². The molecular formula is C4H9ClN4O4. The predicted molar refractivity (Wildman–Crippen MR) is 31.8 cm³/mol. The van der Waals surface area contributed by atoms with E-state index in [1.165, 1.54) is 5.01 Å². The highest BCUT2D eigenvalue weighted by Crippen LogP contribution is 2.06. The maximum absolute atomic E-state index is 10.1. The van der Waals surface area contributed by atoms with Gasteiger partial charge in [-0.2, -0.15) is 14.0 Å². The zero-order chi connectivity index (χ0) is 10.1. The fourth-order valence-corrected chi connectivity index (χ4v) is 1.05. The molecule has 0 spiro atoms. The van der Waals surface area contributed by atoms with Crippen LogP contribution in [0.3, 0.4) is 0 Å². The summed E-state index contributed by atoms with van der Waals surface area (Å²) < 4.78 is 34.4. The van der Waals surface area contributed by atoms with Gasteiger partial charge in [0, 0.05) is 6.54 Å². The van der Waals surface area contributed by atoms with Crippen molar-refractivity contribution in [2.45, 2.75) is 6.92 Å². The monoisotopic (exact) mass is 212 g/mol. The molecule has 0 amide bonds. The Bertz CT molecular complexity index is 217. The Balaban J connectivity index is 2.59. The number of nitrogens with zero attached hydrogens (tertiary/aromatic N) is 3. The summed E-state index contributed by atoms with van der Waals surface area (Å²) >= 11 is 0. The van der Waals surface area contributed by atoms with Crippen molar-refractivity contribution in [3.05, 3.63) is 0 Å². The number of amidine groups is 1. The Morgan fingerprint density at radius 3 is 2.62 bits per heavy atom. The van der Waals surface area contributed by atoms with E-state index < -0.39 is 16.3 Å². The van der Waals surface area contributed by atoms with Crippen molar-refractivity contribution in [3.8, 4) is 0 Å². The highest BCUT2D eigenvalue weighted by Gasteiger charge is 2.33. The number of hydrogen-bond acceptors (Lipinski definition) is 8. The maximum atomic E-state index is 10.1. The minimum absolute atomic E-state index is 0.191. The molecule has 0 saturated heterocycles. The molecule has 1 heterocycles. The lowest BCUT2D eigenvalue weighted by atomic mass is 10.7. The summed E-state index contributed by atoms with van der Waals surface area (Å²) in [7, 11) is -4.53. The standard InChI is InChI=1S/C4H9ClN4O4/c1-2-8-3-9(6)4(7-8)13-5(10,11)12/h2-3,6H2,1H3. The molecule has 2 N–H and O–H groups in total. The Labute approximate surface area is 76.5 Å². The molecule has 1 rings (SSSR count). The van der Waals surface area contributed by atoms with E-state index in [0.717, 1.165) is 5.01 Å². The van der Waals surface area contributed by atoms with Gasteiger partial charge in [-0.05, 0) is 11.2 Å². The highest BCUT2D eigenvalue weighted by molar-refractivity contribution is 5.73. The third-order valence-corrected chi connectivity index (χ3v) is 1.64. The number of hydrogen-bond donors (Lipinski definition) is 1. The maximum Gasteiger partial charge on any atom is 0.488 e. The first-order valence-electron chi connectivity index (χ1n) is 3.38. The predicted octanol–water partition coefficient (Wildman–Crippen LogP) is -4.36. The molecule has 0 aromatic carbocycles. The number of halogens is 1. The van der Waals surface area contributed by atoms with Gasteiger partial charge in [0.1, 0.15) is 16.9 Å². The molecular weight excluding hydrogens is 204 g/mol. The minimum Gasteiger partial charge on any atom is -0.271 e. The van der Waals surface area contributed by atoms with Crippen LogP contribution in [0.5, 0.6) is 0 Å². The smallest absolute Gasteiger partial charge is 0.271 e. The number of hydrazine groups is 1. The van der Waals surface area contributed by atoms with E-state index in [4.69, 9.17) is 5.84 Å². The zero-order valence-corrected chi connectivity index (χ0v) is 7.60. The Hall–Kier alpha value is -0.800. The molecule has 1 aliphatic heterocycles. The van der Waals surface area contributed by atoms with Gasteiger partial charge < -0.3 is 0 Å². The van der Waals surface area contributed by atoms with Gasteiger partial charge in [-0.3, -0.25) is 5.01 Å². The topological polar surface area (TPSA) is 123 Å². The molecule has 76 valence electrons. The number of hydrazone groups is 1. The van der Waals surface area contributed by atoms with E-state index >= 15 is 0 Å². The molecule has 0 aromatic rings. The summed E-state index contributed by atoms with van der Waals surface area (Å²) in [5.74, 6) is 5.28. The van der Waals surface area contributed by atoms with Gasteiger partial charge in [0.15, 0.2) is 0 Å². The Kier molecular flexibility index (Phi) is 2.78. The van der Waals surface area contributed by atoms with Crippen molar-refractivity contribution in [1.82, 2.24) is 10.0 Å². The van der Waals surface area contributed by atoms with Gasteiger partial charge in [-0.25, -0.2) is 10.9 Å². The van der Waals surface area contributed by atoms with Crippen molar-refractivity contribution in [2.75, 3.05) is 13.2 Å². The molecule has 9 heteroatoms. The Morgan fingerprint density at radius 1 is 1.62 bits per heavy atom. The molecule has 0 bridgehead atoms. The molecule has 0 fully saturated rings. The van der Waals surface area contributed by atoms with Gasteiger partial charge in [-0.1, -0.05) is 0 Å². The van der Waals surface area contributed by atoms with Gasteiger partial charge in [0.05, 0.1) is 0 Å². The lowest BCUT2D eigenvalue weighted by molar-refractivity contribution is -1.92. The van der Waals surface area contributed by atoms with E-state index in [1.807, 2.05) is 0 Å². The van der Waals surface area contributed by atoms with Crippen molar-refractivity contribution in [2.24, 2.45) is 10.9 Å². The van der Waals surface area contributed by atoms with Crippen molar-refractivity contribution in [1.29, 1.82) is 0 Å². The molecule has 0 radical (unpaired) electrons. The minimum atomic E-state index is -4.53. The fourth-order valence-electron chi connectivity index (χ4n) is 0.761. The average molecular weight is 213 g/mol. The van der Waals surface area contributed by atoms with Crippen LogP contribution in [0.4, 0.5) is 0 Å². The first kappa shape index (κ1) is 10.3. The SMILES string of the molecule is CCN1CN(N)C(O[Cl+3]([O-])([O-])[O-])=N1. The van der Waals surface area contributed by atoms with Crippen LogP contribution in [0.25, 0.3) is 0 Å². The lowest BCUT2D eigenvalue weighted by Crippen LogP contribution is -2.63. The molecule has 0 unspecified atom stereocenters. The second-order valence-electron chi connectivity index (χ2n) is 2.27. The number of rotatable bonds is 2. The summed E-state index contributed by atoms with van der Waals surface area (Å²) in [5, 5.41) is 5.98. The second kappa shape index (κ2) is 3.52. The van der Waals surface area contributed by atoms with E-state index in [2.05, 4.69) is 9.39 Å². The first-order chi connectivity index (χ1) is 5.92. The van der Waals surface area contributed by atoms with E-state index in [9.17, 15) is 14.0 Å². The molecule has 1 aliphatic rings. The summed E-state index contributed by atoms with van der Waals surface area (Å²) in [6.45, 7) is 2.52. The van der Waals surface area contributed by atoms with Crippen LogP contribution in [0.2, 0.25) is 0 Å². The zero-order valence-electron chi connectivity index (χ0n) is 6.84. The largest absolute Gasteiger partial charge is 0.488 e. The highest BCUT2D eigenvalue weighted by atomic mass is 35.7. The summed E-state index contributed by atoms with van der Waals surface area (Å²) in [4.78, 5) is 0. The molecule has 0 saturated carbocycles. The van der Waals surface area contributed by atoms with E-state index in [-0.39, 0.29) is 6.67 Å². The third kappa shape index (κ3) is 2.86. The number of nitrogens with two attached hydrogens (primary N) is 1. The normalized spacial score (nSPS) is 17.8. The van der Waals surface area contributed by atoms with E-state index in [1.54, 1.807) is 6.92 Å². The van der Waals surface area contributed by atoms with Crippen LogP contribution in [0.1, 0.15) is 6.92 Å². The molecule has 8 nitrogen and oxygen atoms in total. The average Bonchev–Trinajstić information content (AvgIpc) is 2.29. The first-order valence-corrected chi connectivity index (χ1v) is 4.62. The van der Waals surface area contributed by atoms with Crippen molar-refractivity contribution in [3.63, 3.8) is 0 Å². The lowest BCUT2D eigenvalue weighted by Gasteiger charge is -2.14. The van der Waals surface area contributed by atoms with Crippen LogP contribution >= 0.6 is 0 Å². The summed E-state index contributed by atoms with van der Waals surface area (Å²) in [5.41, 5.74) is 0. The van der Waals surface area contributed by atoms with Crippen molar-refractivity contribution >= 4 is 6.02 Å². The second-order valence-corrected chi connectivity index (χ2v) is 3.18. The van der Waals surface area contributed by atoms with E-state index in [0.29, 0.717) is 6.54 Å². The van der Waals surface area contributed by atoms with Gasteiger partial charge in [0.25, 0.3) is 0 Å². The van der Waals surface area contributed by atoms with Crippen LogP contribution in [0, 0.1) is 10.2 Å². The quantitative estimate of drug-likeness (QED) is 0.459. The van der Waals surface area contributed by atoms with Crippen LogP contribution in [-0.2, 0) is 4.29 Å². The Morgan fingerprint density at radius 2 is 2.23 bits per heavy atom. The van der Waals surface area contributed by atoms with Crippen LogP contribution in [-0.4, -0.2) is 29.3 Å². The summed E-state index contributed by atoms with van der Waals surface area (Å²) in [6.07, 6.45) is 0. The molecule has 0 aliphatic carbocycles. The molecule has 0 aromatic heterocycles.